The molecule has 0 aromatic heterocycles. The summed E-state index contributed by atoms with van der Waals surface area (Å²) in [6, 6.07) is 0.675. The molecule has 0 amide bonds. The Bertz CT molecular complexity index is 178. The van der Waals surface area contributed by atoms with E-state index in [0.29, 0.717) is 25.2 Å². The molecule has 0 aliphatic carbocycles. The van der Waals surface area contributed by atoms with Crippen molar-refractivity contribution in [1.82, 2.24) is 4.90 Å². The highest BCUT2D eigenvalue weighted by Gasteiger charge is 2.23. The Kier molecular flexibility index (Phi) is 6.96. The van der Waals surface area contributed by atoms with E-state index < -0.39 is 0 Å². The minimum atomic E-state index is 0.675. The van der Waals surface area contributed by atoms with Crippen molar-refractivity contribution in [3.05, 3.63) is 0 Å². The van der Waals surface area contributed by atoms with Crippen LogP contribution in [0, 0.1) is 5.92 Å². The van der Waals surface area contributed by atoms with Gasteiger partial charge in [-0.2, -0.15) is 0 Å². The van der Waals surface area contributed by atoms with E-state index in [1.165, 1.54) is 12.8 Å². The van der Waals surface area contributed by atoms with Gasteiger partial charge in [0.25, 0.3) is 0 Å². The van der Waals surface area contributed by atoms with Crippen LogP contribution in [0.1, 0.15) is 19.8 Å². The zero-order chi connectivity index (χ0) is 11.8. The number of rotatable bonds is 7. The molecule has 0 bridgehead atoms. The summed E-state index contributed by atoms with van der Waals surface area (Å²) >= 11 is 0. The second-order valence-electron chi connectivity index (χ2n) is 4.63. The fourth-order valence-electron chi connectivity index (χ4n) is 2.19. The molecule has 1 fully saturated rings. The Hall–Kier alpha value is -0.160. The van der Waals surface area contributed by atoms with Crippen molar-refractivity contribution in [3.63, 3.8) is 0 Å². The molecule has 0 saturated carbocycles. The second kappa shape index (κ2) is 8.01. The Morgan fingerprint density at radius 3 is 2.75 bits per heavy atom. The first kappa shape index (κ1) is 13.9. The highest BCUT2D eigenvalue weighted by atomic mass is 16.5. The van der Waals surface area contributed by atoms with Gasteiger partial charge in [0.15, 0.2) is 0 Å². The summed E-state index contributed by atoms with van der Waals surface area (Å²) in [5.41, 5.74) is 5.73. The average molecular weight is 230 g/mol. The van der Waals surface area contributed by atoms with Crippen molar-refractivity contribution < 1.29 is 9.47 Å². The summed E-state index contributed by atoms with van der Waals surface area (Å²) in [4.78, 5) is 2.49. The molecule has 96 valence electrons. The summed E-state index contributed by atoms with van der Waals surface area (Å²) in [7, 11) is 1.70. The Morgan fingerprint density at radius 1 is 1.25 bits per heavy atom. The summed E-state index contributed by atoms with van der Waals surface area (Å²) in [6.07, 6.45) is 2.54. The maximum atomic E-state index is 5.73. The Morgan fingerprint density at radius 2 is 2.06 bits per heavy atom. The van der Waals surface area contributed by atoms with Gasteiger partial charge < -0.3 is 15.2 Å². The SMILES string of the molecule is COCCOCCN1CC(CN)CCC1C. The van der Waals surface area contributed by atoms with Gasteiger partial charge in [-0.1, -0.05) is 0 Å². The molecule has 0 radical (unpaired) electrons. The van der Waals surface area contributed by atoms with Crippen LogP contribution in [0.3, 0.4) is 0 Å². The van der Waals surface area contributed by atoms with Crippen molar-refractivity contribution in [1.29, 1.82) is 0 Å². The number of piperidine rings is 1. The van der Waals surface area contributed by atoms with Crippen molar-refractivity contribution in [3.8, 4) is 0 Å². The highest BCUT2D eigenvalue weighted by Crippen LogP contribution is 2.20. The summed E-state index contributed by atoms with van der Waals surface area (Å²) in [5.74, 6) is 0.676. The first-order valence-electron chi connectivity index (χ1n) is 6.28. The van der Waals surface area contributed by atoms with Gasteiger partial charge in [0.2, 0.25) is 0 Å². The lowest BCUT2D eigenvalue weighted by atomic mass is 9.94. The predicted octanol–water partition coefficient (Wildman–Crippen LogP) is 0.709. The summed E-state index contributed by atoms with van der Waals surface area (Å²) in [5, 5.41) is 0. The van der Waals surface area contributed by atoms with E-state index in [0.717, 1.165) is 26.2 Å². The van der Waals surface area contributed by atoms with E-state index in [-0.39, 0.29) is 0 Å². The molecule has 0 aromatic carbocycles. The number of hydrogen-bond acceptors (Lipinski definition) is 4. The van der Waals surface area contributed by atoms with Crippen molar-refractivity contribution in [2.75, 3.05) is 46.6 Å². The zero-order valence-corrected chi connectivity index (χ0v) is 10.7. The molecule has 4 nitrogen and oxygen atoms in total. The number of likely N-dealkylation sites (tertiary alicyclic amines) is 1. The fourth-order valence-corrected chi connectivity index (χ4v) is 2.19. The third-order valence-corrected chi connectivity index (χ3v) is 3.40. The average Bonchev–Trinajstić information content (AvgIpc) is 2.31. The van der Waals surface area contributed by atoms with Crippen LogP contribution in [0.5, 0.6) is 0 Å². The minimum absolute atomic E-state index is 0.675. The fraction of sp³-hybridized carbons (Fsp3) is 1.00. The van der Waals surface area contributed by atoms with Crippen molar-refractivity contribution in [2.24, 2.45) is 11.7 Å². The van der Waals surface area contributed by atoms with Crippen LogP contribution in [-0.2, 0) is 9.47 Å². The van der Waals surface area contributed by atoms with E-state index in [9.17, 15) is 0 Å². The molecule has 2 unspecified atom stereocenters. The molecule has 1 aliphatic heterocycles. The highest BCUT2D eigenvalue weighted by molar-refractivity contribution is 4.79. The molecule has 2 N–H and O–H groups in total. The molecule has 1 aliphatic rings. The third-order valence-electron chi connectivity index (χ3n) is 3.40. The number of methoxy groups -OCH3 is 1. The molecule has 0 aromatic rings. The number of nitrogens with zero attached hydrogens (tertiary/aromatic N) is 1. The summed E-state index contributed by atoms with van der Waals surface area (Å²) < 4.78 is 10.4. The third kappa shape index (κ3) is 4.78. The number of nitrogens with two attached hydrogens (primary N) is 1. The van der Waals surface area contributed by atoms with Gasteiger partial charge in [0.05, 0.1) is 19.8 Å². The van der Waals surface area contributed by atoms with Crippen molar-refractivity contribution in [2.45, 2.75) is 25.8 Å². The molecular weight excluding hydrogens is 204 g/mol. The lowest BCUT2D eigenvalue weighted by Crippen LogP contribution is -2.45. The topological polar surface area (TPSA) is 47.7 Å². The van der Waals surface area contributed by atoms with E-state index >= 15 is 0 Å². The van der Waals surface area contributed by atoms with Gasteiger partial charge in [-0.3, -0.25) is 4.90 Å². The van der Waals surface area contributed by atoms with Crippen LogP contribution in [0.25, 0.3) is 0 Å². The quantitative estimate of drug-likeness (QED) is 0.654. The number of hydrogen-bond donors (Lipinski definition) is 1. The Labute approximate surface area is 99.1 Å². The second-order valence-corrected chi connectivity index (χ2v) is 4.63. The number of ether oxygens (including phenoxy) is 2. The van der Waals surface area contributed by atoms with Gasteiger partial charge >= 0.3 is 0 Å². The van der Waals surface area contributed by atoms with Crippen molar-refractivity contribution >= 4 is 0 Å². The van der Waals surface area contributed by atoms with E-state index in [1.54, 1.807) is 7.11 Å². The largest absolute Gasteiger partial charge is 0.382 e. The molecule has 2 atom stereocenters. The molecular formula is C12H26N2O2. The van der Waals surface area contributed by atoms with Crippen LogP contribution >= 0.6 is 0 Å². The molecule has 0 spiro atoms. The summed E-state index contributed by atoms with van der Waals surface area (Å²) in [6.45, 7) is 7.42. The van der Waals surface area contributed by atoms with Crippen LogP contribution in [0.2, 0.25) is 0 Å². The van der Waals surface area contributed by atoms with Gasteiger partial charge in [0, 0.05) is 26.2 Å². The minimum Gasteiger partial charge on any atom is -0.382 e. The monoisotopic (exact) mass is 230 g/mol. The smallest absolute Gasteiger partial charge is 0.0700 e. The van der Waals surface area contributed by atoms with Crippen LogP contribution in [0.4, 0.5) is 0 Å². The zero-order valence-electron chi connectivity index (χ0n) is 10.7. The van der Waals surface area contributed by atoms with Crippen LogP contribution in [-0.4, -0.2) is 57.5 Å². The molecule has 1 rings (SSSR count). The van der Waals surface area contributed by atoms with Gasteiger partial charge in [0.1, 0.15) is 0 Å². The maximum Gasteiger partial charge on any atom is 0.0700 e. The van der Waals surface area contributed by atoms with Gasteiger partial charge in [-0.05, 0) is 32.2 Å². The standard InChI is InChI=1S/C12H26N2O2/c1-11-3-4-12(9-13)10-14(11)5-6-16-8-7-15-2/h11-12H,3-10,13H2,1-2H3. The van der Waals surface area contributed by atoms with Gasteiger partial charge in [-0.25, -0.2) is 0 Å². The Balaban J connectivity index is 2.13. The lowest BCUT2D eigenvalue weighted by Gasteiger charge is -2.37. The molecule has 4 heteroatoms. The van der Waals surface area contributed by atoms with Crippen LogP contribution < -0.4 is 5.73 Å². The maximum absolute atomic E-state index is 5.73. The van der Waals surface area contributed by atoms with E-state index in [4.69, 9.17) is 15.2 Å². The first-order chi connectivity index (χ1) is 7.77. The van der Waals surface area contributed by atoms with Crippen LogP contribution in [0.15, 0.2) is 0 Å². The predicted molar refractivity (Wildman–Crippen MR) is 65.5 cm³/mol. The lowest BCUT2D eigenvalue weighted by molar-refractivity contribution is 0.0372. The van der Waals surface area contributed by atoms with Gasteiger partial charge in [-0.15, -0.1) is 0 Å². The van der Waals surface area contributed by atoms with E-state index in [1.807, 2.05) is 0 Å². The normalized spacial score (nSPS) is 27.2. The first-order valence-corrected chi connectivity index (χ1v) is 6.28. The van der Waals surface area contributed by atoms with E-state index in [2.05, 4.69) is 11.8 Å². The molecule has 1 saturated heterocycles. The molecule has 1 heterocycles. The molecule has 16 heavy (non-hydrogen) atoms.